The normalized spacial score (nSPS) is 11.3. The Balaban J connectivity index is 1.24. The van der Waals surface area contributed by atoms with Crippen molar-refractivity contribution in [2.45, 2.75) is 51.3 Å². The Morgan fingerprint density at radius 2 is 0.808 bits per heavy atom. The molecule has 4 N–H and O–H groups in total. The lowest BCUT2D eigenvalue weighted by atomic mass is 10.1. The molecule has 0 spiro atoms. The van der Waals surface area contributed by atoms with Gasteiger partial charge in [-0.3, -0.25) is 0 Å². The van der Waals surface area contributed by atoms with Crippen molar-refractivity contribution >= 4 is 55.0 Å². The lowest BCUT2D eigenvalue weighted by Gasteiger charge is -2.16. The molecule has 0 bridgehead atoms. The van der Waals surface area contributed by atoms with E-state index in [0.29, 0.717) is 33.6 Å². The molecule has 0 unspecified atom stereocenters. The number of rotatable bonds is 10. The zero-order valence-electron chi connectivity index (χ0n) is 29.3. The number of nitrogens with one attached hydrogen (secondary N) is 4. The molecule has 0 aliphatic carbocycles. The van der Waals surface area contributed by atoms with E-state index in [0.717, 1.165) is 11.1 Å². The summed E-state index contributed by atoms with van der Waals surface area (Å²) < 4.78 is 64.1. The fourth-order valence-electron chi connectivity index (χ4n) is 5.97. The second kappa shape index (κ2) is 15.2. The van der Waals surface area contributed by atoms with Crippen LogP contribution in [0.4, 0.5) is 32.3 Å². The second-order valence-corrected chi connectivity index (χ2v) is 15.2. The van der Waals surface area contributed by atoms with Gasteiger partial charge in [-0.25, -0.2) is 9.59 Å². The van der Waals surface area contributed by atoms with Gasteiger partial charge in [-0.05, 0) is 106 Å². The molecule has 52 heavy (non-hydrogen) atoms. The molecule has 0 aliphatic heterocycles. The summed E-state index contributed by atoms with van der Waals surface area (Å²) in [7, 11) is -8.47. The Kier molecular flexibility index (Phi) is 10.9. The van der Waals surface area contributed by atoms with Gasteiger partial charge in [0.1, 0.15) is 9.79 Å². The maximum absolute atomic E-state index is 13.3. The van der Waals surface area contributed by atoms with E-state index in [4.69, 9.17) is 8.37 Å². The number of hydrogen-bond acceptors (Lipinski definition) is 8. The van der Waals surface area contributed by atoms with E-state index in [1.54, 1.807) is 94.4 Å². The smallest absolute Gasteiger partial charge is 0.339 e. The molecule has 14 heteroatoms. The molecule has 0 atom stereocenters. The standard InChI is InChI=1S/C38H38N4O8S2/c1-23-18-25(3)35(26(4)19-23)51(45,46)49-33-16-9-7-14-31(33)41-37(43)39-29-12-11-13-30(22-29)40-38(44)42-32-15-8-10-17-34(32)50-52(47,48)36-27(5)20-24(2)21-28(36)6/h7-22H,1-6H3,(H2,39,41,43)(H2,40,42,44). The van der Waals surface area contributed by atoms with Gasteiger partial charge in [0.05, 0.1) is 11.4 Å². The van der Waals surface area contributed by atoms with Gasteiger partial charge in [0.2, 0.25) is 0 Å². The number of amides is 4. The Bertz CT molecular complexity index is 2200. The van der Waals surface area contributed by atoms with Crippen LogP contribution < -0.4 is 29.6 Å². The van der Waals surface area contributed by atoms with Crippen LogP contribution in [0.3, 0.4) is 0 Å². The Morgan fingerprint density at radius 3 is 1.17 bits per heavy atom. The quantitative estimate of drug-likeness (QED) is 0.104. The monoisotopic (exact) mass is 742 g/mol. The van der Waals surface area contributed by atoms with Gasteiger partial charge in [-0.2, -0.15) is 16.8 Å². The number of anilines is 4. The van der Waals surface area contributed by atoms with Gasteiger partial charge >= 0.3 is 32.3 Å². The molecule has 12 nitrogen and oxygen atoms in total. The predicted molar refractivity (Wildman–Crippen MR) is 202 cm³/mol. The van der Waals surface area contributed by atoms with E-state index >= 15 is 0 Å². The zero-order chi connectivity index (χ0) is 37.8. The van der Waals surface area contributed by atoms with Gasteiger partial charge in [0.15, 0.2) is 11.5 Å². The summed E-state index contributed by atoms with van der Waals surface area (Å²) in [6.45, 7) is 10.5. The van der Waals surface area contributed by atoms with E-state index in [-0.39, 0.29) is 32.7 Å². The first-order valence-electron chi connectivity index (χ1n) is 16.0. The maximum atomic E-state index is 13.3. The number of carbonyl (C=O) groups excluding carboxylic acids is 2. The van der Waals surface area contributed by atoms with Crippen molar-refractivity contribution in [1.29, 1.82) is 0 Å². The van der Waals surface area contributed by atoms with Crippen molar-refractivity contribution < 1.29 is 34.8 Å². The van der Waals surface area contributed by atoms with E-state index < -0.39 is 32.3 Å². The van der Waals surface area contributed by atoms with Crippen LogP contribution in [0.25, 0.3) is 0 Å². The largest absolute Gasteiger partial charge is 0.377 e. The summed E-state index contributed by atoms with van der Waals surface area (Å²) in [6.07, 6.45) is 0. The van der Waals surface area contributed by atoms with Crippen LogP contribution in [0.5, 0.6) is 11.5 Å². The fraction of sp³-hybridized carbons (Fsp3) is 0.158. The van der Waals surface area contributed by atoms with Crippen LogP contribution >= 0.6 is 0 Å². The molecule has 0 aliphatic rings. The topological polar surface area (TPSA) is 169 Å². The van der Waals surface area contributed by atoms with Gasteiger partial charge in [-0.1, -0.05) is 65.7 Å². The summed E-state index contributed by atoms with van der Waals surface area (Å²) in [6, 6.07) is 24.1. The number of carbonyl (C=O) groups is 2. The van der Waals surface area contributed by atoms with Crippen molar-refractivity contribution in [2.24, 2.45) is 0 Å². The SMILES string of the molecule is Cc1cc(C)c(S(=O)(=O)Oc2ccccc2NC(=O)Nc2cccc(NC(=O)Nc3ccccc3OS(=O)(=O)c3c(C)cc(C)cc3C)c2)c(C)c1. The summed E-state index contributed by atoms with van der Waals surface area (Å²) in [5.74, 6) is -0.157. The minimum atomic E-state index is -4.23. The van der Waals surface area contributed by atoms with Crippen LogP contribution in [-0.2, 0) is 20.2 Å². The zero-order valence-corrected chi connectivity index (χ0v) is 31.0. The number of urea groups is 2. The van der Waals surface area contributed by atoms with Crippen LogP contribution in [0, 0.1) is 41.5 Å². The number of hydrogen-bond donors (Lipinski definition) is 4. The molecular weight excluding hydrogens is 705 g/mol. The van der Waals surface area contributed by atoms with Crippen molar-refractivity contribution in [3.05, 3.63) is 130 Å². The highest BCUT2D eigenvalue weighted by Gasteiger charge is 2.25. The van der Waals surface area contributed by atoms with Crippen LogP contribution in [0.15, 0.2) is 107 Å². The van der Waals surface area contributed by atoms with Gasteiger partial charge in [-0.15, -0.1) is 0 Å². The molecule has 270 valence electrons. The summed E-state index contributed by atoms with van der Waals surface area (Å²) in [5.41, 5.74) is 4.79. The molecule has 5 rings (SSSR count). The van der Waals surface area contributed by atoms with Crippen LogP contribution in [0.2, 0.25) is 0 Å². The molecule has 0 saturated heterocycles. The van der Waals surface area contributed by atoms with Gasteiger partial charge in [0.25, 0.3) is 0 Å². The average Bonchev–Trinajstić information content (AvgIpc) is 3.01. The number of benzene rings is 5. The molecule has 0 heterocycles. The summed E-state index contributed by atoms with van der Waals surface area (Å²) >= 11 is 0. The van der Waals surface area contributed by atoms with Crippen molar-refractivity contribution in [3.8, 4) is 11.5 Å². The van der Waals surface area contributed by atoms with E-state index in [9.17, 15) is 26.4 Å². The van der Waals surface area contributed by atoms with E-state index in [1.165, 1.54) is 30.3 Å². The molecule has 5 aromatic rings. The summed E-state index contributed by atoms with van der Waals surface area (Å²) in [4.78, 5) is 26.1. The molecular formula is C38H38N4O8S2. The first kappa shape index (κ1) is 37.4. The summed E-state index contributed by atoms with van der Waals surface area (Å²) in [5, 5.41) is 10.5. The minimum Gasteiger partial charge on any atom is -0.377 e. The highest BCUT2D eigenvalue weighted by atomic mass is 32.2. The Labute approximate surface area is 303 Å². The van der Waals surface area contributed by atoms with Crippen molar-refractivity contribution in [3.63, 3.8) is 0 Å². The Morgan fingerprint density at radius 1 is 0.462 bits per heavy atom. The molecule has 0 saturated carbocycles. The molecule has 4 amide bonds. The first-order chi connectivity index (χ1) is 24.5. The molecule has 0 radical (unpaired) electrons. The highest BCUT2D eigenvalue weighted by molar-refractivity contribution is 7.87. The van der Waals surface area contributed by atoms with E-state index in [2.05, 4.69) is 21.3 Å². The molecule has 0 aromatic heterocycles. The third-order valence-corrected chi connectivity index (χ3v) is 10.8. The highest BCUT2D eigenvalue weighted by Crippen LogP contribution is 2.32. The van der Waals surface area contributed by atoms with Gasteiger partial charge in [0, 0.05) is 11.4 Å². The van der Waals surface area contributed by atoms with Crippen LogP contribution in [-0.4, -0.2) is 28.9 Å². The average molecular weight is 743 g/mol. The third kappa shape index (κ3) is 8.89. The van der Waals surface area contributed by atoms with Gasteiger partial charge < -0.3 is 29.6 Å². The lowest BCUT2D eigenvalue weighted by molar-refractivity contribution is 0.261. The van der Waals surface area contributed by atoms with E-state index in [1.807, 2.05) is 13.8 Å². The molecule has 5 aromatic carbocycles. The second-order valence-electron chi connectivity index (χ2n) is 12.3. The predicted octanol–water partition coefficient (Wildman–Crippen LogP) is 8.36. The molecule has 0 fully saturated rings. The maximum Gasteiger partial charge on any atom is 0.339 e. The lowest BCUT2D eigenvalue weighted by Crippen LogP contribution is -2.22. The number of aryl methyl sites for hydroxylation is 6. The third-order valence-electron chi connectivity index (χ3n) is 7.76. The number of para-hydroxylation sites is 4. The fourth-order valence-corrected chi connectivity index (χ4v) is 8.71. The van der Waals surface area contributed by atoms with Crippen molar-refractivity contribution in [2.75, 3.05) is 21.3 Å². The van der Waals surface area contributed by atoms with Crippen molar-refractivity contribution in [1.82, 2.24) is 0 Å². The van der Waals surface area contributed by atoms with Crippen LogP contribution in [0.1, 0.15) is 33.4 Å². The minimum absolute atomic E-state index is 0.0548. The first-order valence-corrected chi connectivity index (χ1v) is 18.8. The Hall–Kier alpha value is -5.86.